The van der Waals surface area contributed by atoms with Crippen LogP contribution in [0.5, 0.6) is 0 Å². The van der Waals surface area contributed by atoms with E-state index < -0.39 is 5.41 Å². The minimum Gasteiger partial charge on any atom is -0.469 e. The maximum atomic E-state index is 12.0. The standard InChI is InChI=1S/C12H18N2O2S/c1-16-11(15)12(7-13,4-9-2-3-9)5-10-6-14-8-17-10/h6,8-9H,2-5,7,13H2,1H3. The molecule has 1 heterocycles. The van der Waals surface area contributed by atoms with E-state index in [9.17, 15) is 4.79 Å². The number of methoxy groups -OCH3 is 1. The second-order valence-electron chi connectivity index (χ2n) is 4.77. The normalized spacial score (nSPS) is 18.7. The molecule has 1 aromatic heterocycles. The number of carbonyl (C=O) groups excluding carboxylic acids is 1. The molecule has 1 fully saturated rings. The van der Waals surface area contributed by atoms with Crippen LogP contribution >= 0.6 is 11.3 Å². The van der Waals surface area contributed by atoms with Crippen LogP contribution in [0, 0.1) is 11.3 Å². The van der Waals surface area contributed by atoms with Crippen molar-refractivity contribution in [2.24, 2.45) is 17.1 Å². The lowest BCUT2D eigenvalue weighted by atomic mass is 9.79. The zero-order valence-electron chi connectivity index (χ0n) is 10.0. The summed E-state index contributed by atoms with van der Waals surface area (Å²) in [6.45, 7) is 0.341. The number of ether oxygens (including phenoxy) is 1. The van der Waals surface area contributed by atoms with E-state index in [-0.39, 0.29) is 5.97 Å². The minimum absolute atomic E-state index is 0.180. The largest absolute Gasteiger partial charge is 0.469 e. The van der Waals surface area contributed by atoms with Crippen molar-refractivity contribution < 1.29 is 9.53 Å². The van der Waals surface area contributed by atoms with E-state index >= 15 is 0 Å². The van der Waals surface area contributed by atoms with Crippen LogP contribution in [0.4, 0.5) is 0 Å². The third-order valence-electron chi connectivity index (χ3n) is 3.38. The van der Waals surface area contributed by atoms with E-state index in [1.54, 1.807) is 16.8 Å². The van der Waals surface area contributed by atoms with Crippen molar-refractivity contribution in [1.82, 2.24) is 4.98 Å². The van der Waals surface area contributed by atoms with Crippen molar-refractivity contribution in [1.29, 1.82) is 0 Å². The number of rotatable bonds is 6. The Morgan fingerprint density at radius 1 is 1.71 bits per heavy atom. The van der Waals surface area contributed by atoms with Gasteiger partial charge in [-0.25, -0.2) is 0 Å². The van der Waals surface area contributed by atoms with Crippen LogP contribution < -0.4 is 5.73 Å². The molecule has 0 bridgehead atoms. The maximum Gasteiger partial charge on any atom is 0.313 e. The maximum absolute atomic E-state index is 12.0. The van der Waals surface area contributed by atoms with Gasteiger partial charge in [0, 0.05) is 24.0 Å². The van der Waals surface area contributed by atoms with E-state index in [0.29, 0.717) is 18.9 Å². The molecule has 17 heavy (non-hydrogen) atoms. The quantitative estimate of drug-likeness (QED) is 0.783. The number of thiazole rings is 1. The molecule has 1 atom stereocenters. The summed E-state index contributed by atoms with van der Waals surface area (Å²) >= 11 is 1.57. The third-order valence-corrected chi connectivity index (χ3v) is 4.16. The molecule has 0 aromatic carbocycles. The van der Waals surface area contributed by atoms with Crippen LogP contribution in [0.3, 0.4) is 0 Å². The topological polar surface area (TPSA) is 65.2 Å². The Hall–Kier alpha value is -0.940. The molecule has 2 rings (SSSR count). The van der Waals surface area contributed by atoms with Crippen molar-refractivity contribution in [3.8, 4) is 0 Å². The summed E-state index contributed by atoms with van der Waals surface area (Å²) in [7, 11) is 1.44. The Balaban J connectivity index is 2.16. The fourth-order valence-corrected chi connectivity index (χ4v) is 2.96. The monoisotopic (exact) mass is 254 g/mol. The second kappa shape index (κ2) is 5.14. The highest BCUT2D eigenvalue weighted by Crippen LogP contribution is 2.42. The highest BCUT2D eigenvalue weighted by Gasteiger charge is 2.43. The molecule has 0 saturated heterocycles. The second-order valence-corrected chi connectivity index (χ2v) is 5.74. The predicted octanol–water partition coefficient (Wildman–Crippen LogP) is 1.60. The highest BCUT2D eigenvalue weighted by molar-refractivity contribution is 7.09. The summed E-state index contributed by atoms with van der Waals surface area (Å²) in [4.78, 5) is 17.2. The number of carbonyl (C=O) groups is 1. The summed E-state index contributed by atoms with van der Waals surface area (Å²) in [6, 6.07) is 0. The number of esters is 1. The SMILES string of the molecule is COC(=O)C(CN)(Cc1cncs1)CC1CC1. The molecule has 4 nitrogen and oxygen atoms in total. The fraction of sp³-hybridized carbons (Fsp3) is 0.667. The summed E-state index contributed by atoms with van der Waals surface area (Å²) in [5.74, 6) is 0.464. The Bertz CT molecular complexity index is 376. The first-order valence-corrected chi connectivity index (χ1v) is 6.74. The number of nitrogens with zero attached hydrogens (tertiary/aromatic N) is 1. The average molecular weight is 254 g/mol. The zero-order chi connectivity index (χ0) is 12.3. The van der Waals surface area contributed by atoms with Crippen LogP contribution in [0.25, 0.3) is 0 Å². The number of hydrogen-bond acceptors (Lipinski definition) is 5. The van der Waals surface area contributed by atoms with Crippen molar-refractivity contribution in [2.45, 2.75) is 25.7 Å². The molecule has 0 amide bonds. The molecule has 0 spiro atoms. The van der Waals surface area contributed by atoms with Gasteiger partial charge in [-0.3, -0.25) is 9.78 Å². The van der Waals surface area contributed by atoms with E-state index in [4.69, 9.17) is 10.5 Å². The van der Waals surface area contributed by atoms with Crippen molar-refractivity contribution in [2.75, 3.05) is 13.7 Å². The van der Waals surface area contributed by atoms with Gasteiger partial charge in [-0.15, -0.1) is 11.3 Å². The molecule has 1 aliphatic rings. The molecule has 1 aromatic rings. The van der Waals surface area contributed by atoms with E-state index in [2.05, 4.69) is 4.98 Å². The van der Waals surface area contributed by atoms with Gasteiger partial charge in [0.25, 0.3) is 0 Å². The Kier molecular flexibility index (Phi) is 3.79. The van der Waals surface area contributed by atoms with Gasteiger partial charge >= 0.3 is 5.97 Å². The van der Waals surface area contributed by atoms with Crippen molar-refractivity contribution in [3.05, 3.63) is 16.6 Å². The van der Waals surface area contributed by atoms with Gasteiger partial charge in [0.05, 0.1) is 18.0 Å². The fourth-order valence-electron chi connectivity index (χ4n) is 2.22. The summed E-state index contributed by atoms with van der Waals surface area (Å²) < 4.78 is 4.95. The number of aromatic nitrogens is 1. The van der Waals surface area contributed by atoms with Crippen molar-refractivity contribution in [3.63, 3.8) is 0 Å². The minimum atomic E-state index is -0.553. The molecule has 5 heteroatoms. The summed E-state index contributed by atoms with van der Waals surface area (Å²) in [5.41, 5.74) is 7.09. The molecular weight excluding hydrogens is 236 g/mol. The molecule has 0 aliphatic heterocycles. The van der Waals surface area contributed by atoms with E-state index in [1.165, 1.54) is 20.0 Å². The van der Waals surface area contributed by atoms with E-state index in [0.717, 1.165) is 11.3 Å². The molecule has 2 N–H and O–H groups in total. The van der Waals surface area contributed by atoms with Gasteiger partial charge in [0.2, 0.25) is 0 Å². The van der Waals surface area contributed by atoms with Crippen LogP contribution in [0.2, 0.25) is 0 Å². The van der Waals surface area contributed by atoms with Gasteiger partial charge in [0.15, 0.2) is 0 Å². The van der Waals surface area contributed by atoms with Gasteiger partial charge < -0.3 is 10.5 Å². The summed E-state index contributed by atoms with van der Waals surface area (Å²) in [5, 5.41) is 0. The lowest BCUT2D eigenvalue weighted by molar-refractivity contribution is -0.153. The molecule has 1 aliphatic carbocycles. The molecule has 1 saturated carbocycles. The number of nitrogens with two attached hydrogens (primary N) is 1. The van der Waals surface area contributed by atoms with Crippen LogP contribution in [-0.4, -0.2) is 24.6 Å². The lowest BCUT2D eigenvalue weighted by Crippen LogP contribution is -2.41. The average Bonchev–Trinajstić information content (AvgIpc) is 3.01. The smallest absolute Gasteiger partial charge is 0.313 e. The van der Waals surface area contributed by atoms with Gasteiger partial charge in [-0.2, -0.15) is 0 Å². The van der Waals surface area contributed by atoms with Gasteiger partial charge in [-0.1, -0.05) is 12.8 Å². The van der Waals surface area contributed by atoms with E-state index in [1.807, 2.05) is 6.20 Å². The highest BCUT2D eigenvalue weighted by atomic mass is 32.1. The lowest BCUT2D eigenvalue weighted by Gasteiger charge is -2.29. The molecule has 94 valence electrons. The van der Waals surface area contributed by atoms with Crippen LogP contribution in [-0.2, 0) is 16.0 Å². The zero-order valence-corrected chi connectivity index (χ0v) is 10.8. The molecular formula is C12H18N2O2S. The van der Waals surface area contributed by atoms with Crippen LogP contribution in [0.15, 0.2) is 11.7 Å². The van der Waals surface area contributed by atoms with Gasteiger partial charge in [0.1, 0.15) is 0 Å². The summed E-state index contributed by atoms with van der Waals surface area (Å²) in [6.07, 6.45) is 5.72. The number of hydrogen-bond donors (Lipinski definition) is 1. The third kappa shape index (κ3) is 2.84. The Morgan fingerprint density at radius 2 is 2.47 bits per heavy atom. The predicted molar refractivity (Wildman–Crippen MR) is 66.7 cm³/mol. The van der Waals surface area contributed by atoms with Gasteiger partial charge in [-0.05, 0) is 12.3 Å². The van der Waals surface area contributed by atoms with Crippen molar-refractivity contribution >= 4 is 17.3 Å². The first-order valence-electron chi connectivity index (χ1n) is 5.86. The van der Waals surface area contributed by atoms with Crippen LogP contribution in [0.1, 0.15) is 24.1 Å². The Labute approximate surface area is 105 Å². The first kappa shape index (κ1) is 12.5. The molecule has 0 radical (unpaired) electrons. The molecule has 1 unspecified atom stereocenters. The first-order chi connectivity index (χ1) is 8.20. The Morgan fingerprint density at radius 3 is 2.94 bits per heavy atom.